The van der Waals surface area contributed by atoms with Gasteiger partial charge in [0.2, 0.25) is 5.91 Å². The number of carbonyl (C=O) groups excluding carboxylic acids is 1. The Morgan fingerprint density at radius 1 is 1.12 bits per heavy atom. The van der Waals surface area contributed by atoms with Crippen molar-refractivity contribution in [1.29, 1.82) is 0 Å². The number of amides is 1. The van der Waals surface area contributed by atoms with E-state index < -0.39 is 17.0 Å². The Morgan fingerprint density at radius 2 is 1.76 bits per heavy atom. The van der Waals surface area contributed by atoms with Gasteiger partial charge in [-0.15, -0.1) is 11.8 Å². The Labute approximate surface area is 149 Å². The van der Waals surface area contributed by atoms with Crippen molar-refractivity contribution in [3.63, 3.8) is 0 Å². The Hall–Kier alpha value is -2.15. The van der Waals surface area contributed by atoms with Crippen LogP contribution in [0.2, 0.25) is 0 Å². The van der Waals surface area contributed by atoms with Gasteiger partial charge in [-0.2, -0.15) is 13.2 Å². The molecule has 0 aliphatic heterocycles. The van der Waals surface area contributed by atoms with Crippen LogP contribution in [0.3, 0.4) is 0 Å². The third kappa shape index (κ3) is 5.42. The van der Waals surface area contributed by atoms with Gasteiger partial charge in [0.25, 0.3) is 0 Å². The van der Waals surface area contributed by atoms with Crippen LogP contribution in [0, 0.1) is 0 Å². The summed E-state index contributed by atoms with van der Waals surface area (Å²) in [4.78, 5) is 14.6. The van der Waals surface area contributed by atoms with Crippen LogP contribution in [0.15, 0.2) is 53.4 Å². The van der Waals surface area contributed by atoms with Crippen LogP contribution in [-0.4, -0.2) is 25.3 Å². The molecule has 1 atom stereocenters. The Balaban J connectivity index is 2.00. The van der Waals surface area contributed by atoms with Crippen molar-refractivity contribution >= 4 is 29.0 Å². The number of hydrogen-bond donors (Lipinski definition) is 1. The molecule has 0 aliphatic rings. The van der Waals surface area contributed by atoms with Gasteiger partial charge in [0.1, 0.15) is 0 Å². The summed E-state index contributed by atoms with van der Waals surface area (Å²) in [5.74, 6) is -0.264. The minimum absolute atomic E-state index is 0.264. The molecule has 2 aromatic carbocycles. The molecular weight excluding hydrogens is 349 g/mol. The van der Waals surface area contributed by atoms with Gasteiger partial charge in [-0.25, -0.2) is 0 Å². The summed E-state index contributed by atoms with van der Waals surface area (Å²) in [6.45, 7) is 1.66. The Bertz CT molecular complexity index is 730. The van der Waals surface area contributed by atoms with Gasteiger partial charge in [0.15, 0.2) is 0 Å². The summed E-state index contributed by atoms with van der Waals surface area (Å²) < 4.78 is 38.2. The van der Waals surface area contributed by atoms with E-state index in [-0.39, 0.29) is 5.91 Å². The zero-order chi connectivity index (χ0) is 18.6. The third-order valence-electron chi connectivity index (χ3n) is 3.49. The summed E-state index contributed by atoms with van der Waals surface area (Å²) in [7, 11) is 3.84. The SMILES string of the molecule is C[C@H](Sc1cccc(C(F)(F)F)c1)C(=O)Nc1ccc(N(C)C)cc1. The topological polar surface area (TPSA) is 32.3 Å². The number of rotatable bonds is 5. The van der Waals surface area contributed by atoms with Crippen LogP contribution in [0.1, 0.15) is 12.5 Å². The van der Waals surface area contributed by atoms with Crippen LogP contribution < -0.4 is 10.2 Å². The molecular formula is C18H19F3N2OS. The smallest absolute Gasteiger partial charge is 0.378 e. The molecule has 1 amide bonds. The van der Waals surface area contributed by atoms with Gasteiger partial charge in [0, 0.05) is 30.4 Å². The molecule has 0 fully saturated rings. The minimum Gasteiger partial charge on any atom is -0.378 e. The van der Waals surface area contributed by atoms with Crippen LogP contribution in [0.5, 0.6) is 0 Å². The average molecular weight is 368 g/mol. The van der Waals surface area contributed by atoms with E-state index in [9.17, 15) is 18.0 Å². The first kappa shape index (κ1) is 19.2. The molecule has 0 aliphatic carbocycles. The highest BCUT2D eigenvalue weighted by Crippen LogP contribution is 2.33. The lowest BCUT2D eigenvalue weighted by molar-refractivity contribution is -0.137. The standard InChI is InChI=1S/C18H19F3N2OS/c1-12(25-16-6-4-5-13(11-16)18(19,20)21)17(24)22-14-7-9-15(10-8-14)23(2)3/h4-12H,1-3H3,(H,22,24)/t12-/m0/s1. The Kier molecular flexibility index (Phi) is 6.00. The van der Waals surface area contributed by atoms with E-state index in [2.05, 4.69) is 5.32 Å². The second kappa shape index (κ2) is 7.82. The number of thioether (sulfide) groups is 1. The first-order valence-corrected chi connectivity index (χ1v) is 8.47. The molecule has 0 spiro atoms. The lowest BCUT2D eigenvalue weighted by atomic mass is 10.2. The van der Waals surface area contributed by atoms with Gasteiger partial charge in [-0.3, -0.25) is 4.79 Å². The number of nitrogens with zero attached hydrogens (tertiary/aromatic N) is 1. The molecule has 0 saturated carbocycles. The predicted octanol–water partition coefficient (Wildman–Crippen LogP) is 4.89. The van der Waals surface area contributed by atoms with Crippen molar-refractivity contribution < 1.29 is 18.0 Å². The highest BCUT2D eigenvalue weighted by molar-refractivity contribution is 8.00. The van der Waals surface area contributed by atoms with E-state index in [0.717, 1.165) is 29.6 Å². The highest BCUT2D eigenvalue weighted by Gasteiger charge is 2.30. The number of hydrogen-bond acceptors (Lipinski definition) is 3. The number of carbonyl (C=O) groups is 1. The second-order valence-electron chi connectivity index (χ2n) is 5.72. The number of benzene rings is 2. The number of nitrogens with one attached hydrogen (secondary N) is 1. The summed E-state index contributed by atoms with van der Waals surface area (Å²) in [5, 5.41) is 2.24. The average Bonchev–Trinajstić information content (AvgIpc) is 2.54. The molecule has 0 radical (unpaired) electrons. The van der Waals surface area contributed by atoms with Crippen molar-refractivity contribution in [2.75, 3.05) is 24.3 Å². The maximum atomic E-state index is 12.7. The van der Waals surface area contributed by atoms with E-state index in [1.54, 1.807) is 25.1 Å². The maximum absolute atomic E-state index is 12.7. The molecule has 0 heterocycles. The molecule has 2 aromatic rings. The first-order chi connectivity index (χ1) is 11.7. The lowest BCUT2D eigenvalue weighted by Crippen LogP contribution is -2.22. The molecule has 0 aromatic heterocycles. The van der Waals surface area contributed by atoms with Crippen LogP contribution >= 0.6 is 11.8 Å². The zero-order valence-corrected chi connectivity index (χ0v) is 14.9. The fourth-order valence-corrected chi connectivity index (χ4v) is 3.02. The molecule has 25 heavy (non-hydrogen) atoms. The van der Waals surface area contributed by atoms with Gasteiger partial charge in [0.05, 0.1) is 10.8 Å². The van der Waals surface area contributed by atoms with Gasteiger partial charge in [-0.1, -0.05) is 6.07 Å². The second-order valence-corrected chi connectivity index (χ2v) is 7.13. The normalized spacial score (nSPS) is 12.6. The summed E-state index contributed by atoms with van der Waals surface area (Å²) in [5.41, 5.74) is 0.931. The van der Waals surface area contributed by atoms with E-state index in [1.807, 2.05) is 31.1 Å². The van der Waals surface area contributed by atoms with E-state index in [0.29, 0.717) is 10.6 Å². The largest absolute Gasteiger partial charge is 0.416 e. The summed E-state index contributed by atoms with van der Waals surface area (Å²) >= 11 is 1.09. The minimum atomic E-state index is -4.39. The van der Waals surface area contributed by atoms with Gasteiger partial charge in [-0.05, 0) is 49.4 Å². The van der Waals surface area contributed by atoms with Crippen LogP contribution in [0.25, 0.3) is 0 Å². The predicted molar refractivity (Wildman–Crippen MR) is 96.2 cm³/mol. The monoisotopic (exact) mass is 368 g/mol. The van der Waals surface area contributed by atoms with Crippen molar-refractivity contribution in [3.05, 3.63) is 54.1 Å². The number of alkyl halides is 3. The Morgan fingerprint density at radius 3 is 2.32 bits per heavy atom. The highest BCUT2D eigenvalue weighted by atomic mass is 32.2. The molecule has 3 nitrogen and oxygen atoms in total. The van der Waals surface area contributed by atoms with Crippen molar-refractivity contribution in [1.82, 2.24) is 0 Å². The van der Waals surface area contributed by atoms with Crippen molar-refractivity contribution in [3.8, 4) is 0 Å². The lowest BCUT2D eigenvalue weighted by Gasteiger charge is -2.15. The van der Waals surface area contributed by atoms with Crippen LogP contribution in [0.4, 0.5) is 24.5 Å². The fraction of sp³-hybridized carbons (Fsp3) is 0.278. The third-order valence-corrected chi connectivity index (χ3v) is 4.59. The zero-order valence-electron chi connectivity index (χ0n) is 14.1. The summed E-state index contributed by atoms with van der Waals surface area (Å²) in [6, 6.07) is 12.3. The molecule has 1 N–H and O–H groups in total. The molecule has 2 rings (SSSR count). The molecule has 0 bridgehead atoms. The molecule has 134 valence electrons. The maximum Gasteiger partial charge on any atom is 0.416 e. The fourth-order valence-electron chi connectivity index (χ4n) is 2.09. The summed E-state index contributed by atoms with van der Waals surface area (Å²) in [6.07, 6.45) is -4.39. The van der Waals surface area contributed by atoms with Crippen LogP contribution in [-0.2, 0) is 11.0 Å². The van der Waals surface area contributed by atoms with E-state index >= 15 is 0 Å². The molecule has 0 saturated heterocycles. The quantitative estimate of drug-likeness (QED) is 0.763. The van der Waals surface area contributed by atoms with Gasteiger partial charge < -0.3 is 10.2 Å². The van der Waals surface area contributed by atoms with E-state index in [4.69, 9.17) is 0 Å². The van der Waals surface area contributed by atoms with Crippen molar-refractivity contribution in [2.24, 2.45) is 0 Å². The molecule has 7 heteroatoms. The van der Waals surface area contributed by atoms with Crippen molar-refractivity contribution in [2.45, 2.75) is 23.2 Å². The van der Waals surface area contributed by atoms with Gasteiger partial charge >= 0.3 is 6.18 Å². The number of anilines is 2. The first-order valence-electron chi connectivity index (χ1n) is 7.59. The molecule has 0 unspecified atom stereocenters. The van der Waals surface area contributed by atoms with E-state index in [1.165, 1.54) is 6.07 Å². The number of halogens is 3.